The van der Waals surface area contributed by atoms with Gasteiger partial charge in [0.25, 0.3) is 0 Å². The summed E-state index contributed by atoms with van der Waals surface area (Å²) in [7, 11) is 0. The third-order valence-electron chi connectivity index (χ3n) is 1.87. The van der Waals surface area contributed by atoms with Crippen molar-refractivity contribution in [3.8, 4) is 0 Å². The van der Waals surface area contributed by atoms with Crippen LogP contribution in [0.5, 0.6) is 0 Å². The molecule has 0 atom stereocenters. The third kappa shape index (κ3) is 3.94. The molecule has 1 aromatic rings. The molecular formula is C11H14ClFN2S. The molecular weight excluding hydrogens is 247 g/mol. The highest BCUT2D eigenvalue weighted by Gasteiger charge is 2.08. The van der Waals surface area contributed by atoms with E-state index in [0.717, 1.165) is 6.54 Å². The fourth-order valence-corrected chi connectivity index (χ4v) is 1.47. The van der Waals surface area contributed by atoms with Gasteiger partial charge in [-0.05, 0) is 30.3 Å². The second-order valence-electron chi connectivity index (χ2n) is 3.83. The van der Waals surface area contributed by atoms with Gasteiger partial charge in [0.15, 0.2) is 5.11 Å². The van der Waals surface area contributed by atoms with E-state index in [1.165, 1.54) is 6.07 Å². The zero-order valence-corrected chi connectivity index (χ0v) is 10.8. The fourth-order valence-electron chi connectivity index (χ4n) is 1.07. The van der Waals surface area contributed by atoms with Gasteiger partial charge in [-0.2, -0.15) is 0 Å². The highest BCUT2D eigenvalue weighted by molar-refractivity contribution is 7.80. The molecule has 0 bridgehead atoms. The quantitative estimate of drug-likeness (QED) is 0.815. The van der Waals surface area contributed by atoms with Gasteiger partial charge in [-0.1, -0.05) is 31.5 Å². The van der Waals surface area contributed by atoms with Crippen LogP contribution in [0, 0.1) is 11.7 Å². The lowest BCUT2D eigenvalue weighted by Crippen LogP contribution is -2.31. The van der Waals surface area contributed by atoms with Crippen molar-refractivity contribution >= 4 is 34.6 Å². The van der Waals surface area contributed by atoms with Crippen LogP contribution in [0.4, 0.5) is 10.1 Å². The lowest BCUT2D eigenvalue weighted by atomic mass is 10.2. The van der Waals surface area contributed by atoms with Crippen molar-refractivity contribution in [3.05, 3.63) is 29.0 Å². The number of nitrogens with one attached hydrogen (secondary N) is 2. The van der Waals surface area contributed by atoms with Crippen LogP contribution in [0.2, 0.25) is 5.02 Å². The van der Waals surface area contributed by atoms with Gasteiger partial charge in [-0.15, -0.1) is 0 Å². The van der Waals surface area contributed by atoms with Crippen molar-refractivity contribution in [2.75, 3.05) is 11.9 Å². The molecule has 0 unspecified atom stereocenters. The van der Waals surface area contributed by atoms with Crippen LogP contribution in [-0.4, -0.2) is 11.7 Å². The second kappa shape index (κ2) is 6.01. The molecule has 2 N–H and O–H groups in total. The predicted molar refractivity (Wildman–Crippen MR) is 70.5 cm³/mol. The number of para-hydroxylation sites is 1. The van der Waals surface area contributed by atoms with Crippen LogP contribution in [0.25, 0.3) is 0 Å². The van der Waals surface area contributed by atoms with E-state index in [1.807, 2.05) is 0 Å². The molecule has 5 heteroatoms. The zero-order chi connectivity index (χ0) is 12.1. The minimum Gasteiger partial charge on any atom is -0.362 e. The Morgan fingerprint density at radius 3 is 2.75 bits per heavy atom. The Hall–Kier alpha value is -0.870. The Balaban J connectivity index is 2.63. The third-order valence-corrected chi connectivity index (χ3v) is 2.43. The highest BCUT2D eigenvalue weighted by Crippen LogP contribution is 2.24. The molecule has 0 heterocycles. The molecule has 0 aliphatic rings. The summed E-state index contributed by atoms with van der Waals surface area (Å²) in [6.07, 6.45) is 0. The molecule has 16 heavy (non-hydrogen) atoms. The zero-order valence-electron chi connectivity index (χ0n) is 9.18. The topological polar surface area (TPSA) is 24.1 Å². The van der Waals surface area contributed by atoms with Crippen LogP contribution < -0.4 is 10.6 Å². The van der Waals surface area contributed by atoms with E-state index in [1.54, 1.807) is 12.1 Å². The van der Waals surface area contributed by atoms with Crippen molar-refractivity contribution in [2.45, 2.75) is 13.8 Å². The summed E-state index contributed by atoms with van der Waals surface area (Å²) in [4.78, 5) is 0. The summed E-state index contributed by atoms with van der Waals surface area (Å²) in [5.41, 5.74) is 0.213. The smallest absolute Gasteiger partial charge is 0.170 e. The predicted octanol–water partition coefficient (Wildman–Crippen LogP) is 3.42. The summed E-state index contributed by atoms with van der Waals surface area (Å²) in [6.45, 7) is 4.86. The average Bonchev–Trinajstić information content (AvgIpc) is 2.21. The Morgan fingerprint density at radius 2 is 2.19 bits per heavy atom. The Bertz CT molecular complexity index is 362. The van der Waals surface area contributed by atoms with Crippen molar-refractivity contribution in [3.63, 3.8) is 0 Å². The number of thiocarbonyl (C=S) groups is 1. The lowest BCUT2D eigenvalue weighted by Gasteiger charge is -2.13. The van der Waals surface area contributed by atoms with E-state index < -0.39 is 5.82 Å². The van der Waals surface area contributed by atoms with Gasteiger partial charge in [0, 0.05) is 6.54 Å². The van der Waals surface area contributed by atoms with Gasteiger partial charge in [-0.3, -0.25) is 0 Å². The molecule has 1 aromatic carbocycles. The van der Waals surface area contributed by atoms with Gasteiger partial charge in [0.1, 0.15) is 5.82 Å². The van der Waals surface area contributed by atoms with Gasteiger partial charge < -0.3 is 10.6 Å². The first-order chi connectivity index (χ1) is 7.50. The molecule has 0 aliphatic heterocycles. The maximum Gasteiger partial charge on any atom is 0.170 e. The molecule has 0 fully saturated rings. The first-order valence-electron chi connectivity index (χ1n) is 4.99. The van der Waals surface area contributed by atoms with Crippen molar-refractivity contribution < 1.29 is 4.39 Å². The average molecular weight is 261 g/mol. The Labute approximate surface area is 105 Å². The lowest BCUT2D eigenvalue weighted by molar-refractivity contribution is 0.624. The summed E-state index contributed by atoms with van der Waals surface area (Å²) in [5.74, 6) is 0.0528. The summed E-state index contributed by atoms with van der Waals surface area (Å²) >= 11 is 10.9. The largest absolute Gasteiger partial charge is 0.362 e. The van der Waals surface area contributed by atoms with Crippen LogP contribution in [-0.2, 0) is 0 Å². The van der Waals surface area contributed by atoms with E-state index in [-0.39, 0.29) is 5.69 Å². The number of rotatable bonds is 3. The highest BCUT2D eigenvalue weighted by atomic mass is 35.5. The number of benzene rings is 1. The van der Waals surface area contributed by atoms with E-state index in [9.17, 15) is 4.39 Å². The van der Waals surface area contributed by atoms with Gasteiger partial charge in [0.2, 0.25) is 0 Å². The molecule has 88 valence electrons. The van der Waals surface area contributed by atoms with Crippen molar-refractivity contribution in [1.82, 2.24) is 5.32 Å². The maximum absolute atomic E-state index is 13.4. The Kier molecular flexibility index (Phi) is 4.96. The van der Waals surface area contributed by atoms with Crippen molar-refractivity contribution in [2.24, 2.45) is 5.92 Å². The molecule has 0 saturated carbocycles. The Morgan fingerprint density at radius 1 is 1.50 bits per heavy atom. The standard InChI is InChI=1S/C11H14ClFN2S/c1-7(2)6-14-11(16)15-10-8(12)4-3-5-9(10)13/h3-5,7H,6H2,1-2H3,(H2,14,15,16). The molecule has 1 rings (SSSR count). The van der Waals surface area contributed by atoms with Gasteiger partial charge >= 0.3 is 0 Å². The van der Waals surface area contributed by atoms with Crippen LogP contribution in [0.1, 0.15) is 13.8 Å². The minimum atomic E-state index is -0.416. The molecule has 0 saturated heterocycles. The van der Waals surface area contributed by atoms with E-state index >= 15 is 0 Å². The summed E-state index contributed by atoms with van der Waals surface area (Å²) < 4.78 is 13.4. The van der Waals surface area contributed by atoms with E-state index in [2.05, 4.69) is 24.5 Å². The van der Waals surface area contributed by atoms with E-state index in [0.29, 0.717) is 16.1 Å². The number of hydrogen-bond acceptors (Lipinski definition) is 1. The van der Waals surface area contributed by atoms with Crippen LogP contribution >= 0.6 is 23.8 Å². The molecule has 0 aromatic heterocycles. The number of hydrogen-bond donors (Lipinski definition) is 2. The van der Waals surface area contributed by atoms with Crippen molar-refractivity contribution in [1.29, 1.82) is 0 Å². The summed E-state index contributed by atoms with van der Waals surface area (Å²) in [6, 6.07) is 4.49. The first kappa shape index (κ1) is 13.2. The summed E-state index contributed by atoms with van der Waals surface area (Å²) in [5, 5.41) is 6.42. The maximum atomic E-state index is 13.4. The monoisotopic (exact) mass is 260 g/mol. The van der Waals surface area contributed by atoms with Crippen LogP contribution in [0.3, 0.4) is 0 Å². The molecule has 0 radical (unpaired) electrons. The van der Waals surface area contributed by atoms with Crippen LogP contribution in [0.15, 0.2) is 18.2 Å². The van der Waals surface area contributed by atoms with E-state index in [4.69, 9.17) is 23.8 Å². The SMILES string of the molecule is CC(C)CNC(=S)Nc1c(F)cccc1Cl. The molecule has 0 amide bonds. The van der Waals surface area contributed by atoms with Gasteiger partial charge in [-0.25, -0.2) is 4.39 Å². The van der Waals surface area contributed by atoms with Gasteiger partial charge in [0.05, 0.1) is 10.7 Å². The fraction of sp³-hybridized carbons (Fsp3) is 0.364. The molecule has 0 spiro atoms. The normalized spacial score (nSPS) is 10.3. The molecule has 0 aliphatic carbocycles. The number of anilines is 1. The first-order valence-corrected chi connectivity index (χ1v) is 5.78. The number of halogens is 2. The second-order valence-corrected chi connectivity index (χ2v) is 4.64. The molecule has 2 nitrogen and oxygen atoms in total. The minimum absolute atomic E-state index is 0.213.